The highest BCUT2D eigenvalue weighted by Crippen LogP contribution is 2.36. The molecule has 3 heterocycles. The summed E-state index contributed by atoms with van der Waals surface area (Å²) < 4.78 is 17.4. The molecule has 2 saturated heterocycles. The Morgan fingerprint density at radius 1 is 1.15 bits per heavy atom. The average Bonchev–Trinajstić information content (AvgIpc) is 2.64. The van der Waals surface area contributed by atoms with Gasteiger partial charge in [-0.1, -0.05) is 0 Å². The molecule has 2 aliphatic heterocycles. The zero-order chi connectivity index (χ0) is 19.3. The van der Waals surface area contributed by atoms with E-state index in [1.807, 2.05) is 48.5 Å². The summed E-state index contributed by atoms with van der Waals surface area (Å²) >= 11 is 0. The molecular weight excluding hydrogens is 333 g/mol. The highest BCUT2D eigenvalue weighted by atomic mass is 16.7. The van der Waals surface area contributed by atoms with Crippen LogP contribution >= 0.6 is 0 Å². The lowest BCUT2D eigenvalue weighted by Gasteiger charge is -2.38. The zero-order valence-corrected chi connectivity index (χ0v) is 16.7. The standard InChI is InChI=1S/C18H28BN3O4/c1-16(2,3)24-15(23)22-10-12(11-22)14-20-8-13(9-21-14)19-25-17(4,5)18(6,7)26-19/h8-9,12H,10-11H2,1-7H3. The van der Waals surface area contributed by atoms with Gasteiger partial charge in [-0.2, -0.15) is 0 Å². The first-order valence-corrected chi connectivity index (χ1v) is 9.03. The fourth-order valence-electron chi connectivity index (χ4n) is 2.78. The van der Waals surface area contributed by atoms with E-state index in [-0.39, 0.29) is 12.0 Å². The van der Waals surface area contributed by atoms with Crippen molar-refractivity contribution in [3.63, 3.8) is 0 Å². The normalized spacial score (nSPS) is 22.3. The van der Waals surface area contributed by atoms with Crippen LogP contribution in [0.4, 0.5) is 4.79 Å². The summed E-state index contributed by atoms with van der Waals surface area (Å²) in [5.41, 5.74) is -0.463. The molecular formula is C18H28BN3O4. The number of likely N-dealkylation sites (tertiary alicyclic amines) is 1. The Morgan fingerprint density at radius 2 is 1.65 bits per heavy atom. The minimum absolute atomic E-state index is 0.134. The Morgan fingerprint density at radius 3 is 2.12 bits per heavy atom. The molecule has 142 valence electrons. The van der Waals surface area contributed by atoms with E-state index in [0.29, 0.717) is 13.1 Å². The minimum Gasteiger partial charge on any atom is -0.444 e. The third kappa shape index (κ3) is 3.71. The van der Waals surface area contributed by atoms with Crippen molar-refractivity contribution in [2.45, 2.75) is 71.2 Å². The van der Waals surface area contributed by atoms with Gasteiger partial charge in [0.05, 0.1) is 17.1 Å². The Balaban J connectivity index is 1.58. The topological polar surface area (TPSA) is 73.8 Å². The van der Waals surface area contributed by atoms with Gasteiger partial charge in [-0.3, -0.25) is 0 Å². The highest BCUT2D eigenvalue weighted by molar-refractivity contribution is 6.61. The van der Waals surface area contributed by atoms with Crippen LogP contribution in [0.1, 0.15) is 60.2 Å². The zero-order valence-electron chi connectivity index (χ0n) is 16.7. The number of carbonyl (C=O) groups excluding carboxylic acids is 1. The summed E-state index contributed by atoms with van der Waals surface area (Å²) in [5, 5.41) is 0. The minimum atomic E-state index is -0.483. The lowest BCUT2D eigenvalue weighted by molar-refractivity contribution is 0.00578. The fraction of sp³-hybridized carbons (Fsp3) is 0.722. The first-order valence-electron chi connectivity index (χ1n) is 9.03. The molecule has 1 aromatic rings. The van der Waals surface area contributed by atoms with Gasteiger partial charge in [0.1, 0.15) is 11.4 Å². The van der Waals surface area contributed by atoms with Crippen LogP contribution in [0.15, 0.2) is 12.4 Å². The van der Waals surface area contributed by atoms with Crippen LogP contribution in [0, 0.1) is 0 Å². The Hall–Kier alpha value is -1.67. The molecule has 26 heavy (non-hydrogen) atoms. The molecule has 0 N–H and O–H groups in total. The van der Waals surface area contributed by atoms with Crippen LogP contribution in [-0.4, -0.2) is 58.0 Å². The number of rotatable bonds is 2. The molecule has 0 spiro atoms. The maximum absolute atomic E-state index is 12.0. The predicted molar refractivity (Wildman–Crippen MR) is 98.3 cm³/mol. The van der Waals surface area contributed by atoms with Gasteiger partial charge in [0.15, 0.2) is 0 Å². The first kappa shape index (κ1) is 19.1. The van der Waals surface area contributed by atoms with Gasteiger partial charge >= 0.3 is 13.2 Å². The average molecular weight is 361 g/mol. The third-order valence-corrected chi connectivity index (χ3v) is 5.12. The second-order valence-corrected chi connectivity index (χ2v) is 9.05. The van der Waals surface area contributed by atoms with Gasteiger partial charge in [-0.05, 0) is 48.5 Å². The summed E-state index contributed by atoms with van der Waals surface area (Å²) in [6, 6.07) is 0. The van der Waals surface area contributed by atoms with Crippen LogP contribution in [0.5, 0.6) is 0 Å². The van der Waals surface area contributed by atoms with Crippen molar-refractivity contribution in [2.24, 2.45) is 0 Å². The Bertz CT molecular complexity index is 663. The molecule has 1 amide bonds. The molecule has 8 heteroatoms. The molecule has 7 nitrogen and oxygen atoms in total. The van der Waals surface area contributed by atoms with Gasteiger partial charge in [0.2, 0.25) is 0 Å². The first-order chi connectivity index (χ1) is 11.9. The molecule has 0 saturated carbocycles. The van der Waals surface area contributed by atoms with Gasteiger partial charge in [0.25, 0.3) is 0 Å². The van der Waals surface area contributed by atoms with Crippen LogP contribution in [0.25, 0.3) is 0 Å². The molecule has 0 bridgehead atoms. The number of ether oxygens (including phenoxy) is 1. The predicted octanol–water partition coefficient (Wildman–Crippen LogP) is 2.11. The van der Waals surface area contributed by atoms with Crippen LogP contribution < -0.4 is 5.46 Å². The molecule has 1 aromatic heterocycles. The lowest BCUT2D eigenvalue weighted by atomic mass is 9.81. The van der Waals surface area contributed by atoms with Gasteiger partial charge in [0, 0.05) is 30.9 Å². The molecule has 0 atom stereocenters. The van der Waals surface area contributed by atoms with Crippen molar-refractivity contribution in [3.05, 3.63) is 18.2 Å². The fourth-order valence-corrected chi connectivity index (χ4v) is 2.78. The molecule has 2 fully saturated rings. The summed E-state index contributed by atoms with van der Waals surface area (Å²) in [6.45, 7) is 14.8. The van der Waals surface area contributed by atoms with Gasteiger partial charge in [-0.25, -0.2) is 14.8 Å². The van der Waals surface area contributed by atoms with E-state index in [2.05, 4.69) is 9.97 Å². The Labute approximate surface area is 155 Å². The second-order valence-electron chi connectivity index (χ2n) is 9.05. The number of nitrogens with zero attached hydrogens (tertiary/aromatic N) is 3. The van der Waals surface area contributed by atoms with Crippen molar-refractivity contribution in [1.82, 2.24) is 14.9 Å². The van der Waals surface area contributed by atoms with Gasteiger partial charge < -0.3 is 18.9 Å². The van der Waals surface area contributed by atoms with E-state index in [1.165, 1.54) is 0 Å². The number of hydrogen-bond donors (Lipinski definition) is 0. The van der Waals surface area contributed by atoms with E-state index in [1.54, 1.807) is 17.3 Å². The SMILES string of the molecule is CC(C)(C)OC(=O)N1CC(c2ncc(B3OC(C)(C)C(C)(C)O3)cn2)C1. The van der Waals surface area contributed by atoms with Crippen molar-refractivity contribution in [3.8, 4) is 0 Å². The molecule has 0 aromatic carbocycles. The monoisotopic (exact) mass is 361 g/mol. The number of amides is 1. The summed E-state index contributed by atoms with van der Waals surface area (Å²) in [6.07, 6.45) is 3.21. The Kier molecular flexibility index (Phi) is 4.56. The maximum atomic E-state index is 12.0. The largest absolute Gasteiger partial charge is 0.498 e. The summed E-state index contributed by atoms with van der Waals surface area (Å²) in [4.78, 5) is 22.6. The van der Waals surface area contributed by atoms with Gasteiger partial charge in [-0.15, -0.1) is 0 Å². The summed E-state index contributed by atoms with van der Waals surface area (Å²) in [7, 11) is -0.464. The molecule has 2 aliphatic rings. The third-order valence-electron chi connectivity index (χ3n) is 5.12. The van der Waals surface area contributed by atoms with Crippen molar-refractivity contribution < 1.29 is 18.8 Å². The smallest absolute Gasteiger partial charge is 0.444 e. The number of aromatic nitrogens is 2. The lowest BCUT2D eigenvalue weighted by Crippen LogP contribution is -2.50. The molecule has 3 rings (SSSR count). The van der Waals surface area contributed by atoms with Crippen LogP contribution in [0.2, 0.25) is 0 Å². The summed E-state index contributed by atoms with van der Waals surface area (Å²) in [5.74, 6) is 0.861. The van der Waals surface area contributed by atoms with Crippen LogP contribution in [0.3, 0.4) is 0 Å². The quantitative estimate of drug-likeness (QED) is 0.752. The van der Waals surface area contributed by atoms with E-state index < -0.39 is 23.9 Å². The number of hydrogen-bond acceptors (Lipinski definition) is 6. The number of carbonyl (C=O) groups is 1. The second kappa shape index (κ2) is 6.20. The van der Waals surface area contributed by atoms with Crippen LogP contribution in [-0.2, 0) is 14.0 Å². The van der Waals surface area contributed by atoms with E-state index in [0.717, 1.165) is 11.3 Å². The highest BCUT2D eigenvalue weighted by Gasteiger charge is 2.52. The maximum Gasteiger partial charge on any atom is 0.498 e. The van der Waals surface area contributed by atoms with E-state index in [9.17, 15) is 4.79 Å². The molecule has 0 radical (unpaired) electrons. The van der Waals surface area contributed by atoms with Crippen molar-refractivity contribution in [2.75, 3.05) is 13.1 Å². The van der Waals surface area contributed by atoms with E-state index in [4.69, 9.17) is 14.0 Å². The molecule has 0 unspecified atom stereocenters. The molecule has 0 aliphatic carbocycles. The van der Waals surface area contributed by atoms with Crippen molar-refractivity contribution >= 4 is 18.7 Å². The van der Waals surface area contributed by atoms with E-state index >= 15 is 0 Å². The van der Waals surface area contributed by atoms with Crippen molar-refractivity contribution in [1.29, 1.82) is 0 Å².